The van der Waals surface area contributed by atoms with Crippen LogP contribution in [0.15, 0.2) is 65.3 Å². The zero-order valence-corrected chi connectivity index (χ0v) is 15.8. The Kier molecular flexibility index (Phi) is 5.11. The zero-order chi connectivity index (χ0) is 20.2. The van der Waals surface area contributed by atoms with Crippen molar-refractivity contribution in [3.63, 3.8) is 0 Å². The summed E-state index contributed by atoms with van der Waals surface area (Å²) in [6, 6.07) is 17.7. The van der Waals surface area contributed by atoms with Gasteiger partial charge in [0, 0.05) is 22.7 Å². The Bertz CT molecular complexity index is 1180. The van der Waals surface area contributed by atoms with Crippen LogP contribution < -0.4 is 4.74 Å². The molecule has 0 aliphatic rings. The van der Waals surface area contributed by atoms with Crippen LogP contribution in [0.1, 0.15) is 17.0 Å². The molecule has 4 aromatic rings. The van der Waals surface area contributed by atoms with Crippen molar-refractivity contribution in [2.24, 2.45) is 0 Å². The zero-order valence-electron chi connectivity index (χ0n) is 15.8. The van der Waals surface area contributed by atoms with Crippen LogP contribution in [0.5, 0.6) is 5.75 Å². The molecule has 0 atom stereocenters. The summed E-state index contributed by atoms with van der Waals surface area (Å²) in [5, 5.41) is 16.0. The van der Waals surface area contributed by atoms with Crippen LogP contribution in [0.4, 0.5) is 5.69 Å². The Morgan fingerprint density at radius 3 is 2.69 bits per heavy atom. The smallest absolute Gasteiger partial charge is 0.338 e. The summed E-state index contributed by atoms with van der Waals surface area (Å²) in [4.78, 5) is 10.7. The number of rotatable bonds is 7. The molecular formula is C22H19N3O4. The number of aromatic nitrogens is 2. The molecule has 0 amide bonds. The van der Waals surface area contributed by atoms with Crippen LogP contribution in [0.25, 0.3) is 23.1 Å². The monoisotopic (exact) mass is 389 g/mol. The fraction of sp³-hybridized carbons (Fsp3) is 0.136. The van der Waals surface area contributed by atoms with Crippen LogP contribution in [-0.2, 0) is 6.54 Å². The van der Waals surface area contributed by atoms with Gasteiger partial charge >= 0.3 is 5.69 Å². The third-order valence-electron chi connectivity index (χ3n) is 4.62. The number of fused-ring (bicyclic) bond motifs is 1. The molecule has 7 nitrogen and oxygen atoms in total. The maximum Gasteiger partial charge on any atom is 0.338 e. The fourth-order valence-electron chi connectivity index (χ4n) is 3.25. The summed E-state index contributed by atoms with van der Waals surface area (Å²) in [6.07, 6.45) is 5.40. The lowest BCUT2D eigenvalue weighted by molar-refractivity contribution is -0.386. The summed E-state index contributed by atoms with van der Waals surface area (Å²) in [6.45, 7) is 2.75. The first-order valence-electron chi connectivity index (χ1n) is 9.18. The van der Waals surface area contributed by atoms with Crippen LogP contribution in [0.3, 0.4) is 0 Å². The van der Waals surface area contributed by atoms with E-state index in [1.165, 1.54) is 0 Å². The number of benzene rings is 2. The largest absolute Gasteiger partial charge is 0.492 e. The highest BCUT2D eigenvalue weighted by Gasteiger charge is 2.22. The Labute approximate surface area is 167 Å². The van der Waals surface area contributed by atoms with E-state index in [2.05, 4.69) is 9.72 Å². The summed E-state index contributed by atoms with van der Waals surface area (Å²) < 4.78 is 13.0. The van der Waals surface area contributed by atoms with Crippen molar-refractivity contribution in [1.29, 1.82) is 0 Å². The van der Waals surface area contributed by atoms with Gasteiger partial charge in [-0.2, -0.15) is 0 Å². The normalized spacial score (nSPS) is 11.3. The van der Waals surface area contributed by atoms with Crippen molar-refractivity contribution in [3.05, 3.63) is 87.9 Å². The molecule has 0 N–H and O–H groups in total. The Morgan fingerprint density at radius 2 is 1.90 bits per heavy atom. The lowest BCUT2D eigenvalue weighted by Crippen LogP contribution is -2.07. The van der Waals surface area contributed by atoms with Gasteiger partial charge in [0.05, 0.1) is 11.5 Å². The summed E-state index contributed by atoms with van der Waals surface area (Å²) in [5.41, 5.74) is 2.15. The van der Waals surface area contributed by atoms with Gasteiger partial charge in [-0.3, -0.25) is 10.1 Å². The first-order valence-corrected chi connectivity index (χ1v) is 9.18. The number of ether oxygens (including phenoxy) is 1. The molecule has 29 heavy (non-hydrogen) atoms. The second-order valence-electron chi connectivity index (χ2n) is 6.53. The van der Waals surface area contributed by atoms with Gasteiger partial charge in [-0.25, -0.2) is 0 Å². The Balaban J connectivity index is 1.58. The Morgan fingerprint density at radius 1 is 1.14 bits per heavy atom. The summed E-state index contributed by atoms with van der Waals surface area (Å²) >= 11 is 0. The standard InChI is InChI=1S/C22H19N3O4/c1-16-22(25(26)27)21(29-23-16)12-11-17-15-24(20-10-6-5-9-19(17)20)13-14-28-18-7-3-2-4-8-18/h2-12,15H,13-14H2,1H3. The molecule has 0 aliphatic carbocycles. The fourth-order valence-corrected chi connectivity index (χ4v) is 3.25. The molecule has 0 aliphatic heterocycles. The number of hydrogen-bond acceptors (Lipinski definition) is 5. The maximum absolute atomic E-state index is 11.2. The summed E-state index contributed by atoms with van der Waals surface area (Å²) in [5.74, 6) is 0.967. The van der Waals surface area contributed by atoms with Gasteiger partial charge in [-0.05, 0) is 37.3 Å². The lowest BCUT2D eigenvalue weighted by Gasteiger charge is -2.08. The minimum absolute atomic E-state index is 0.110. The third kappa shape index (κ3) is 3.89. The second-order valence-corrected chi connectivity index (χ2v) is 6.53. The second kappa shape index (κ2) is 8.02. The summed E-state index contributed by atoms with van der Waals surface area (Å²) in [7, 11) is 0. The van der Waals surface area contributed by atoms with Crippen LogP contribution in [-0.4, -0.2) is 21.3 Å². The highest BCUT2D eigenvalue weighted by Crippen LogP contribution is 2.27. The van der Waals surface area contributed by atoms with E-state index in [-0.39, 0.29) is 17.1 Å². The molecule has 0 saturated heterocycles. The van der Waals surface area contributed by atoms with Crippen molar-refractivity contribution in [2.45, 2.75) is 13.5 Å². The molecule has 2 aromatic carbocycles. The average Bonchev–Trinajstić information content (AvgIpc) is 3.28. The first kappa shape index (κ1) is 18.5. The molecule has 7 heteroatoms. The van der Waals surface area contributed by atoms with Gasteiger partial charge in [0.1, 0.15) is 12.4 Å². The van der Waals surface area contributed by atoms with E-state index in [1.54, 1.807) is 13.0 Å². The van der Waals surface area contributed by atoms with Crippen molar-refractivity contribution in [2.75, 3.05) is 6.61 Å². The molecule has 0 radical (unpaired) electrons. The van der Waals surface area contributed by atoms with Gasteiger partial charge in [-0.15, -0.1) is 0 Å². The van der Waals surface area contributed by atoms with Gasteiger partial charge in [0.2, 0.25) is 5.76 Å². The molecule has 4 rings (SSSR count). The molecule has 0 bridgehead atoms. The van der Waals surface area contributed by atoms with E-state index < -0.39 is 4.92 Å². The van der Waals surface area contributed by atoms with E-state index in [0.717, 1.165) is 22.2 Å². The third-order valence-corrected chi connectivity index (χ3v) is 4.62. The van der Waals surface area contributed by atoms with E-state index in [0.29, 0.717) is 13.2 Å². The SMILES string of the molecule is Cc1noc(C=Cc2cn(CCOc3ccccc3)c3ccccc23)c1[N+](=O)[O-]. The number of nitro groups is 1. The lowest BCUT2D eigenvalue weighted by atomic mass is 10.1. The van der Waals surface area contributed by atoms with Gasteiger partial charge in [-0.1, -0.05) is 41.6 Å². The topological polar surface area (TPSA) is 83.3 Å². The van der Waals surface area contributed by atoms with Gasteiger partial charge < -0.3 is 13.8 Å². The van der Waals surface area contributed by atoms with Crippen molar-refractivity contribution >= 4 is 28.7 Å². The van der Waals surface area contributed by atoms with E-state index in [9.17, 15) is 10.1 Å². The maximum atomic E-state index is 11.2. The van der Waals surface area contributed by atoms with E-state index >= 15 is 0 Å². The molecular weight excluding hydrogens is 370 g/mol. The highest BCUT2D eigenvalue weighted by atomic mass is 16.6. The predicted octanol–water partition coefficient (Wildman–Crippen LogP) is 5.10. The minimum Gasteiger partial charge on any atom is -0.492 e. The van der Waals surface area contributed by atoms with Crippen LogP contribution in [0, 0.1) is 17.0 Å². The van der Waals surface area contributed by atoms with Crippen LogP contribution >= 0.6 is 0 Å². The quantitative estimate of drug-likeness (QED) is 0.324. The average molecular weight is 389 g/mol. The van der Waals surface area contributed by atoms with Gasteiger partial charge in [0.25, 0.3) is 0 Å². The van der Waals surface area contributed by atoms with E-state index in [4.69, 9.17) is 9.26 Å². The van der Waals surface area contributed by atoms with Crippen molar-refractivity contribution in [3.8, 4) is 5.75 Å². The number of nitrogens with zero attached hydrogens (tertiary/aromatic N) is 3. The molecule has 146 valence electrons. The first-order chi connectivity index (χ1) is 14.1. The molecule has 0 unspecified atom stereocenters. The number of hydrogen-bond donors (Lipinski definition) is 0. The molecule has 2 heterocycles. The molecule has 2 aromatic heterocycles. The molecule has 0 spiro atoms. The van der Waals surface area contributed by atoms with Crippen molar-refractivity contribution in [1.82, 2.24) is 9.72 Å². The number of aryl methyl sites for hydroxylation is 1. The van der Waals surface area contributed by atoms with Gasteiger partial charge in [0.15, 0.2) is 5.69 Å². The number of para-hydroxylation sites is 2. The predicted molar refractivity (Wildman–Crippen MR) is 111 cm³/mol. The van der Waals surface area contributed by atoms with Crippen molar-refractivity contribution < 1.29 is 14.2 Å². The Hall–Kier alpha value is -3.87. The van der Waals surface area contributed by atoms with E-state index in [1.807, 2.05) is 66.9 Å². The minimum atomic E-state index is -0.476. The molecule has 0 saturated carbocycles. The highest BCUT2D eigenvalue weighted by molar-refractivity contribution is 5.92. The van der Waals surface area contributed by atoms with Crippen LogP contribution in [0.2, 0.25) is 0 Å². The molecule has 0 fully saturated rings.